The second-order valence-corrected chi connectivity index (χ2v) is 4.72. The van der Waals surface area contributed by atoms with Gasteiger partial charge in [0.05, 0.1) is 5.56 Å². The third-order valence-electron chi connectivity index (χ3n) is 3.30. The van der Waals surface area contributed by atoms with Crippen LogP contribution in [0.5, 0.6) is 0 Å². The summed E-state index contributed by atoms with van der Waals surface area (Å²) in [5.74, 6) is 0. The van der Waals surface area contributed by atoms with Crippen LogP contribution in [-0.2, 0) is 6.18 Å². The number of rotatable bonds is 3. The molecule has 4 heteroatoms. The molecule has 0 aromatic heterocycles. The third-order valence-corrected chi connectivity index (χ3v) is 3.30. The summed E-state index contributed by atoms with van der Waals surface area (Å²) >= 11 is 0. The molecule has 0 fully saturated rings. The van der Waals surface area contributed by atoms with Crippen LogP contribution in [0.1, 0.15) is 30.5 Å². The summed E-state index contributed by atoms with van der Waals surface area (Å²) in [4.78, 5) is 0. The molecule has 0 aliphatic rings. The molecule has 0 aliphatic carbocycles. The largest absolute Gasteiger partial charge is 0.416 e. The van der Waals surface area contributed by atoms with Gasteiger partial charge >= 0.3 is 6.18 Å². The molecule has 2 rings (SSSR count). The quantitative estimate of drug-likeness (QED) is 0.859. The van der Waals surface area contributed by atoms with E-state index in [0.29, 0.717) is 5.56 Å². The van der Waals surface area contributed by atoms with Crippen molar-refractivity contribution in [2.75, 3.05) is 0 Å². The van der Waals surface area contributed by atoms with E-state index in [2.05, 4.69) is 0 Å². The fourth-order valence-electron chi connectivity index (χ4n) is 2.03. The number of nitrogens with two attached hydrogens (primary N) is 1. The lowest BCUT2D eigenvalue weighted by atomic mass is 9.99. The van der Waals surface area contributed by atoms with E-state index in [1.54, 1.807) is 18.2 Å². The van der Waals surface area contributed by atoms with Gasteiger partial charge in [-0.3, -0.25) is 0 Å². The molecule has 0 saturated carbocycles. The minimum absolute atomic E-state index is 0.0365. The van der Waals surface area contributed by atoms with Gasteiger partial charge in [-0.05, 0) is 35.2 Å². The van der Waals surface area contributed by atoms with E-state index in [0.717, 1.165) is 29.7 Å². The zero-order valence-corrected chi connectivity index (χ0v) is 11.1. The predicted octanol–water partition coefficient (Wildman–Crippen LogP) is 4.78. The molecule has 0 heterocycles. The Morgan fingerprint density at radius 2 is 1.65 bits per heavy atom. The van der Waals surface area contributed by atoms with Crippen molar-refractivity contribution >= 4 is 0 Å². The topological polar surface area (TPSA) is 26.0 Å². The first-order valence-corrected chi connectivity index (χ1v) is 6.45. The van der Waals surface area contributed by atoms with Crippen LogP contribution in [0.3, 0.4) is 0 Å². The van der Waals surface area contributed by atoms with Crippen molar-refractivity contribution in [2.24, 2.45) is 5.73 Å². The average molecular weight is 279 g/mol. The Balaban J connectivity index is 2.32. The summed E-state index contributed by atoms with van der Waals surface area (Å²) < 4.78 is 38.0. The van der Waals surface area contributed by atoms with E-state index in [-0.39, 0.29) is 6.04 Å². The fraction of sp³-hybridized carbons (Fsp3) is 0.250. The minimum atomic E-state index is -4.32. The molecule has 1 unspecified atom stereocenters. The SMILES string of the molecule is CCC(N)c1ccc(-c2cccc(C(F)(F)F)c2)cc1. The number of benzene rings is 2. The molecule has 2 N–H and O–H groups in total. The molecule has 106 valence electrons. The summed E-state index contributed by atoms with van der Waals surface area (Å²) in [6.07, 6.45) is -3.50. The van der Waals surface area contributed by atoms with Gasteiger partial charge in [-0.15, -0.1) is 0 Å². The molecule has 0 radical (unpaired) electrons. The summed E-state index contributed by atoms with van der Waals surface area (Å²) in [6, 6.07) is 12.6. The van der Waals surface area contributed by atoms with Crippen LogP contribution in [0, 0.1) is 0 Å². The second-order valence-electron chi connectivity index (χ2n) is 4.72. The molecule has 2 aromatic carbocycles. The zero-order valence-electron chi connectivity index (χ0n) is 11.1. The first kappa shape index (κ1) is 14.6. The monoisotopic (exact) mass is 279 g/mol. The molecular weight excluding hydrogens is 263 g/mol. The van der Waals surface area contributed by atoms with Gasteiger partial charge in [0.2, 0.25) is 0 Å². The van der Waals surface area contributed by atoms with Crippen molar-refractivity contribution in [3.8, 4) is 11.1 Å². The lowest BCUT2D eigenvalue weighted by Crippen LogP contribution is -2.08. The van der Waals surface area contributed by atoms with Crippen molar-refractivity contribution in [1.82, 2.24) is 0 Å². The van der Waals surface area contributed by atoms with Crippen LogP contribution >= 0.6 is 0 Å². The van der Waals surface area contributed by atoms with E-state index < -0.39 is 11.7 Å². The first-order chi connectivity index (χ1) is 9.41. The molecule has 1 atom stereocenters. The highest BCUT2D eigenvalue weighted by atomic mass is 19.4. The maximum atomic E-state index is 12.7. The Morgan fingerprint density at radius 1 is 1.00 bits per heavy atom. The van der Waals surface area contributed by atoms with Crippen molar-refractivity contribution in [3.05, 3.63) is 59.7 Å². The lowest BCUT2D eigenvalue weighted by Gasteiger charge is -2.11. The second kappa shape index (κ2) is 5.67. The van der Waals surface area contributed by atoms with Gasteiger partial charge < -0.3 is 5.73 Å². The predicted molar refractivity (Wildman–Crippen MR) is 74.1 cm³/mol. The highest BCUT2D eigenvalue weighted by molar-refractivity contribution is 5.64. The maximum absolute atomic E-state index is 12.7. The Bertz CT molecular complexity index is 573. The molecule has 20 heavy (non-hydrogen) atoms. The van der Waals surface area contributed by atoms with Crippen molar-refractivity contribution in [2.45, 2.75) is 25.6 Å². The minimum Gasteiger partial charge on any atom is -0.324 e. The average Bonchev–Trinajstić information content (AvgIpc) is 2.46. The van der Waals surface area contributed by atoms with Gasteiger partial charge in [-0.1, -0.05) is 43.3 Å². The Labute approximate surface area is 116 Å². The molecular formula is C16H16F3N. The van der Waals surface area contributed by atoms with Crippen LogP contribution in [0.15, 0.2) is 48.5 Å². The van der Waals surface area contributed by atoms with E-state index in [9.17, 15) is 13.2 Å². The lowest BCUT2D eigenvalue weighted by molar-refractivity contribution is -0.137. The van der Waals surface area contributed by atoms with Gasteiger partial charge in [0.25, 0.3) is 0 Å². The summed E-state index contributed by atoms with van der Waals surface area (Å²) in [6.45, 7) is 1.99. The molecule has 0 saturated heterocycles. The molecule has 0 bridgehead atoms. The Hall–Kier alpha value is -1.81. The van der Waals surface area contributed by atoms with Crippen LogP contribution < -0.4 is 5.73 Å². The van der Waals surface area contributed by atoms with Gasteiger partial charge in [-0.2, -0.15) is 13.2 Å². The number of halogens is 3. The van der Waals surface area contributed by atoms with Crippen molar-refractivity contribution in [3.63, 3.8) is 0 Å². The maximum Gasteiger partial charge on any atom is 0.416 e. The van der Waals surface area contributed by atoms with E-state index in [4.69, 9.17) is 5.73 Å². The fourth-order valence-corrected chi connectivity index (χ4v) is 2.03. The van der Waals surface area contributed by atoms with Gasteiger partial charge in [0, 0.05) is 6.04 Å². The van der Waals surface area contributed by atoms with Crippen LogP contribution in [-0.4, -0.2) is 0 Å². The van der Waals surface area contributed by atoms with Crippen LogP contribution in [0.4, 0.5) is 13.2 Å². The normalized spacial score (nSPS) is 13.2. The van der Waals surface area contributed by atoms with Gasteiger partial charge in [0.15, 0.2) is 0 Å². The van der Waals surface area contributed by atoms with Gasteiger partial charge in [-0.25, -0.2) is 0 Å². The number of hydrogen-bond donors (Lipinski definition) is 1. The summed E-state index contributed by atoms with van der Waals surface area (Å²) in [7, 11) is 0. The highest BCUT2D eigenvalue weighted by Gasteiger charge is 2.30. The Kier molecular flexibility index (Phi) is 4.14. The standard InChI is InChI=1S/C16H16F3N/c1-2-15(20)12-8-6-11(7-9-12)13-4-3-5-14(10-13)16(17,18)19/h3-10,15H,2,20H2,1H3. The molecule has 0 spiro atoms. The van der Waals surface area contributed by atoms with Crippen LogP contribution in [0.25, 0.3) is 11.1 Å². The Morgan fingerprint density at radius 3 is 2.20 bits per heavy atom. The van der Waals surface area contributed by atoms with E-state index >= 15 is 0 Å². The molecule has 0 aliphatic heterocycles. The van der Waals surface area contributed by atoms with E-state index in [1.807, 2.05) is 19.1 Å². The molecule has 0 amide bonds. The van der Waals surface area contributed by atoms with Gasteiger partial charge in [0.1, 0.15) is 0 Å². The first-order valence-electron chi connectivity index (χ1n) is 6.45. The van der Waals surface area contributed by atoms with Crippen LogP contribution in [0.2, 0.25) is 0 Å². The molecule has 2 aromatic rings. The van der Waals surface area contributed by atoms with E-state index in [1.165, 1.54) is 6.07 Å². The smallest absolute Gasteiger partial charge is 0.324 e. The summed E-state index contributed by atoms with van der Waals surface area (Å²) in [5, 5.41) is 0. The van der Waals surface area contributed by atoms with Crippen molar-refractivity contribution in [1.29, 1.82) is 0 Å². The molecule has 1 nitrogen and oxygen atoms in total. The summed E-state index contributed by atoms with van der Waals surface area (Å²) in [5.41, 5.74) is 7.57. The van der Waals surface area contributed by atoms with Crippen molar-refractivity contribution < 1.29 is 13.2 Å². The number of hydrogen-bond acceptors (Lipinski definition) is 1. The zero-order chi connectivity index (χ0) is 14.8. The number of alkyl halides is 3. The highest BCUT2D eigenvalue weighted by Crippen LogP contribution is 2.32. The third kappa shape index (κ3) is 3.20.